The summed E-state index contributed by atoms with van der Waals surface area (Å²) >= 11 is 3.61. The maximum Gasteiger partial charge on any atom is 0.0705 e. The highest BCUT2D eigenvalue weighted by Crippen LogP contribution is 2.24. The normalized spacial score (nSPS) is 16.7. The number of hydrogen-bond acceptors (Lipinski definition) is 2. The lowest BCUT2D eigenvalue weighted by Gasteiger charge is -2.33. The fourth-order valence-corrected chi connectivity index (χ4v) is 3.81. The molecule has 1 saturated carbocycles. The van der Waals surface area contributed by atoms with Gasteiger partial charge in [-0.3, -0.25) is 9.88 Å². The number of para-hydroxylation sites is 1. The zero-order chi connectivity index (χ0) is 14.5. The van der Waals surface area contributed by atoms with Crippen molar-refractivity contribution in [2.24, 2.45) is 0 Å². The standard InChI is InChI=1S/C18H23BrN2/c19-12-13-21(17-7-2-1-3-8-17)14-16-11-10-15-6-4-5-9-18(15)20-16/h4-6,9-11,17H,1-3,7-8,12-14H2. The molecule has 0 atom stereocenters. The molecule has 112 valence electrons. The van der Waals surface area contributed by atoms with E-state index in [1.807, 2.05) is 0 Å². The average molecular weight is 347 g/mol. The van der Waals surface area contributed by atoms with Crippen molar-refractivity contribution in [1.82, 2.24) is 9.88 Å². The van der Waals surface area contributed by atoms with E-state index in [-0.39, 0.29) is 0 Å². The maximum absolute atomic E-state index is 4.84. The number of alkyl halides is 1. The summed E-state index contributed by atoms with van der Waals surface area (Å²) in [5.41, 5.74) is 2.30. The van der Waals surface area contributed by atoms with Crippen LogP contribution < -0.4 is 0 Å². The summed E-state index contributed by atoms with van der Waals surface area (Å²) in [6, 6.07) is 13.5. The van der Waals surface area contributed by atoms with Gasteiger partial charge in [-0.05, 0) is 25.0 Å². The summed E-state index contributed by atoms with van der Waals surface area (Å²) < 4.78 is 0. The Labute approximate surface area is 135 Å². The van der Waals surface area contributed by atoms with Crippen LogP contribution in [0.5, 0.6) is 0 Å². The van der Waals surface area contributed by atoms with Gasteiger partial charge in [-0.2, -0.15) is 0 Å². The molecule has 0 spiro atoms. The van der Waals surface area contributed by atoms with E-state index in [2.05, 4.69) is 57.2 Å². The highest BCUT2D eigenvalue weighted by Gasteiger charge is 2.21. The summed E-state index contributed by atoms with van der Waals surface area (Å²) in [6.45, 7) is 2.08. The third-order valence-electron chi connectivity index (χ3n) is 4.48. The lowest BCUT2D eigenvalue weighted by molar-refractivity contribution is 0.156. The molecule has 0 amide bonds. The van der Waals surface area contributed by atoms with Crippen LogP contribution in [0.25, 0.3) is 10.9 Å². The van der Waals surface area contributed by atoms with Crippen molar-refractivity contribution >= 4 is 26.8 Å². The molecular formula is C18H23BrN2. The number of nitrogens with zero attached hydrogens (tertiary/aromatic N) is 2. The largest absolute Gasteiger partial charge is 0.294 e. The quantitative estimate of drug-likeness (QED) is 0.725. The van der Waals surface area contributed by atoms with Crippen molar-refractivity contribution in [1.29, 1.82) is 0 Å². The second-order valence-electron chi connectivity index (χ2n) is 5.95. The summed E-state index contributed by atoms with van der Waals surface area (Å²) in [5.74, 6) is 0. The summed E-state index contributed by atoms with van der Waals surface area (Å²) in [7, 11) is 0. The first kappa shape index (κ1) is 15.0. The summed E-state index contributed by atoms with van der Waals surface area (Å²) in [6.07, 6.45) is 6.87. The Morgan fingerprint density at radius 3 is 2.67 bits per heavy atom. The summed E-state index contributed by atoms with van der Waals surface area (Å²) in [5, 5.41) is 2.27. The van der Waals surface area contributed by atoms with E-state index in [1.165, 1.54) is 43.2 Å². The Kier molecular flexibility index (Phi) is 5.26. The van der Waals surface area contributed by atoms with Gasteiger partial charge < -0.3 is 0 Å². The monoisotopic (exact) mass is 346 g/mol. The van der Waals surface area contributed by atoms with Gasteiger partial charge >= 0.3 is 0 Å². The average Bonchev–Trinajstić information content (AvgIpc) is 2.55. The van der Waals surface area contributed by atoms with Crippen LogP contribution in [0.2, 0.25) is 0 Å². The molecule has 1 aromatic heterocycles. The first-order chi connectivity index (χ1) is 10.4. The van der Waals surface area contributed by atoms with E-state index < -0.39 is 0 Å². The Bertz CT molecular complexity index is 578. The van der Waals surface area contributed by atoms with E-state index in [4.69, 9.17) is 4.98 Å². The van der Waals surface area contributed by atoms with Gasteiger partial charge in [0.05, 0.1) is 11.2 Å². The lowest BCUT2D eigenvalue weighted by Crippen LogP contribution is -2.37. The van der Waals surface area contributed by atoms with Gasteiger partial charge in [0.1, 0.15) is 0 Å². The minimum absolute atomic E-state index is 0.740. The molecular weight excluding hydrogens is 324 g/mol. The van der Waals surface area contributed by atoms with Gasteiger partial charge in [-0.1, -0.05) is 59.5 Å². The number of fused-ring (bicyclic) bond motifs is 1. The highest BCUT2D eigenvalue weighted by molar-refractivity contribution is 9.09. The van der Waals surface area contributed by atoms with E-state index in [0.29, 0.717) is 0 Å². The molecule has 1 fully saturated rings. The molecule has 0 aliphatic heterocycles. The minimum atomic E-state index is 0.740. The Morgan fingerprint density at radius 1 is 1.05 bits per heavy atom. The fraction of sp³-hybridized carbons (Fsp3) is 0.500. The molecule has 1 aromatic carbocycles. The number of benzene rings is 1. The zero-order valence-corrected chi connectivity index (χ0v) is 14.1. The van der Waals surface area contributed by atoms with Crippen molar-refractivity contribution in [3.63, 3.8) is 0 Å². The van der Waals surface area contributed by atoms with Gasteiger partial charge in [0.2, 0.25) is 0 Å². The molecule has 0 unspecified atom stereocenters. The lowest BCUT2D eigenvalue weighted by atomic mass is 9.94. The second kappa shape index (κ2) is 7.37. The van der Waals surface area contributed by atoms with Gasteiger partial charge in [-0.25, -0.2) is 0 Å². The molecule has 1 heterocycles. The molecule has 0 bridgehead atoms. The number of rotatable bonds is 5. The number of aromatic nitrogens is 1. The zero-order valence-electron chi connectivity index (χ0n) is 12.5. The molecule has 1 aliphatic rings. The Hall–Kier alpha value is -0.930. The predicted molar refractivity (Wildman–Crippen MR) is 92.8 cm³/mol. The SMILES string of the molecule is BrCCN(Cc1ccc2ccccc2n1)C1CCCCC1. The molecule has 0 N–H and O–H groups in total. The molecule has 2 nitrogen and oxygen atoms in total. The Balaban J connectivity index is 1.76. The van der Waals surface area contributed by atoms with Crippen LogP contribution in [0.3, 0.4) is 0 Å². The van der Waals surface area contributed by atoms with Gasteiger partial charge in [0.25, 0.3) is 0 Å². The van der Waals surface area contributed by atoms with Gasteiger partial charge in [-0.15, -0.1) is 0 Å². The van der Waals surface area contributed by atoms with E-state index in [1.54, 1.807) is 0 Å². The highest BCUT2D eigenvalue weighted by atomic mass is 79.9. The van der Waals surface area contributed by atoms with Gasteiger partial charge in [0, 0.05) is 29.8 Å². The van der Waals surface area contributed by atoms with E-state index >= 15 is 0 Å². The number of halogens is 1. The molecule has 2 aromatic rings. The molecule has 1 aliphatic carbocycles. The smallest absolute Gasteiger partial charge is 0.0705 e. The maximum atomic E-state index is 4.84. The molecule has 3 rings (SSSR count). The third kappa shape index (κ3) is 3.83. The third-order valence-corrected chi connectivity index (χ3v) is 4.84. The van der Waals surface area contributed by atoms with Crippen LogP contribution in [-0.2, 0) is 6.54 Å². The first-order valence-electron chi connectivity index (χ1n) is 8.01. The number of hydrogen-bond donors (Lipinski definition) is 0. The molecule has 0 saturated heterocycles. The minimum Gasteiger partial charge on any atom is -0.294 e. The van der Waals surface area contributed by atoms with Gasteiger partial charge in [0.15, 0.2) is 0 Å². The van der Waals surface area contributed by atoms with E-state index in [0.717, 1.165) is 30.0 Å². The van der Waals surface area contributed by atoms with Crippen LogP contribution in [0.1, 0.15) is 37.8 Å². The van der Waals surface area contributed by atoms with Crippen LogP contribution in [0, 0.1) is 0 Å². The van der Waals surface area contributed by atoms with Crippen molar-refractivity contribution in [2.75, 3.05) is 11.9 Å². The van der Waals surface area contributed by atoms with Crippen LogP contribution in [0.15, 0.2) is 36.4 Å². The number of pyridine rings is 1. The van der Waals surface area contributed by atoms with Crippen molar-refractivity contribution in [2.45, 2.75) is 44.7 Å². The topological polar surface area (TPSA) is 16.1 Å². The van der Waals surface area contributed by atoms with Crippen LogP contribution in [-0.4, -0.2) is 27.8 Å². The van der Waals surface area contributed by atoms with Crippen LogP contribution in [0.4, 0.5) is 0 Å². The predicted octanol–water partition coefficient (Wildman–Crippen LogP) is 4.76. The molecule has 21 heavy (non-hydrogen) atoms. The second-order valence-corrected chi connectivity index (χ2v) is 6.74. The molecule has 3 heteroatoms. The van der Waals surface area contributed by atoms with Crippen molar-refractivity contribution in [3.8, 4) is 0 Å². The first-order valence-corrected chi connectivity index (χ1v) is 9.13. The van der Waals surface area contributed by atoms with Crippen LogP contribution >= 0.6 is 15.9 Å². The summed E-state index contributed by atoms with van der Waals surface area (Å²) in [4.78, 5) is 7.45. The molecule has 0 radical (unpaired) electrons. The van der Waals surface area contributed by atoms with E-state index in [9.17, 15) is 0 Å². The fourth-order valence-electron chi connectivity index (χ4n) is 3.35. The Morgan fingerprint density at radius 2 is 1.86 bits per heavy atom. The van der Waals surface area contributed by atoms with Crippen molar-refractivity contribution in [3.05, 3.63) is 42.1 Å². The van der Waals surface area contributed by atoms with Crippen molar-refractivity contribution < 1.29 is 0 Å².